The highest BCUT2D eigenvalue weighted by atomic mass is 32.2. The van der Waals surface area contributed by atoms with Gasteiger partial charge in [0.1, 0.15) is 5.75 Å². The predicted octanol–water partition coefficient (Wildman–Crippen LogP) is 6.93. The number of allylic oxidation sites excluding steroid dienone is 1. The number of nitrogens with one attached hydrogen (secondary N) is 1. The summed E-state index contributed by atoms with van der Waals surface area (Å²) >= 11 is 0. The van der Waals surface area contributed by atoms with Crippen molar-refractivity contribution in [3.8, 4) is 17.0 Å². The Kier molecular flexibility index (Phi) is 10.2. The largest absolute Gasteiger partial charge is 0.497 e. The molecule has 12 heteroatoms. The number of carbonyl (C=O) groups excluding carboxylic acids is 2. The fourth-order valence-corrected chi connectivity index (χ4v) is 9.64. The van der Waals surface area contributed by atoms with Gasteiger partial charge in [0.25, 0.3) is 5.91 Å². The van der Waals surface area contributed by atoms with E-state index in [9.17, 15) is 18.0 Å². The number of sulfonamides is 1. The smallest absolute Gasteiger partial charge is 0.258 e. The molecule has 2 aliphatic heterocycles. The van der Waals surface area contributed by atoms with Gasteiger partial charge in [-0.25, -0.2) is 8.42 Å². The maximum absolute atomic E-state index is 14.6. The minimum absolute atomic E-state index is 0.0346. The van der Waals surface area contributed by atoms with Crippen molar-refractivity contribution in [2.24, 2.45) is 0 Å². The van der Waals surface area contributed by atoms with E-state index >= 15 is 0 Å². The maximum Gasteiger partial charge on any atom is 0.258 e. The maximum atomic E-state index is 14.6. The first-order valence-corrected chi connectivity index (χ1v) is 21.6. The summed E-state index contributed by atoms with van der Waals surface area (Å²) in [6.45, 7) is 8.61. The molecule has 55 heavy (non-hydrogen) atoms. The molecule has 292 valence electrons. The zero-order valence-corrected chi connectivity index (χ0v) is 33.7. The molecule has 2 aliphatic carbocycles. The van der Waals surface area contributed by atoms with Crippen molar-refractivity contribution in [1.29, 1.82) is 0 Å². The van der Waals surface area contributed by atoms with Crippen molar-refractivity contribution in [2.75, 3.05) is 40.3 Å². The second-order valence-corrected chi connectivity index (χ2v) is 18.6. The van der Waals surface area contributed by atoms with Crippen LogP contribution in [0.4, 0.5) is 0 Å². The summed E-state index contributed by atoms with van der Waals surface area (Å²) in [6, 6.07) is 12.7. The van der Waals surface area contributed by atoms with Crippen molar-refractivity contribution in [1.82, 2.24) is 28.9 Å². The molecule has 2 saturated carbocycles. The summed E-state index contributed by atoms with van der Waals surface area (Å²) in [6.07, 6.45) is 11.2. The Labute approximate surface area is 324 Å². The molecule has 8 rings (SSSR count). The first-order chi connectivity index (χ1) is 26.4. The number of aryl methyl sites for hydroxylation is 1. The number of ether oxygens (including phenoxy) is 1. The number of piperazine rings is 1. The number of fused-ring (bicyclic) bond motifs is 5. The van der Waals surface area contributed by atoms with Crippen molar-refractivity contribution in [2.45, 2.75) is 102 Å². The lowest BCUT2D eigenvalue weighted by Gasteiger charge is -2.33. The molecule has 2 aromatic carbocycles. The second kappa shape index (κ2) is 14.9. The van der Waals surface area contributed by atoms with Crippen LogP contribution in [0.5, 0.6) is 5.75 Å². The standard InChI is InChI=1S/C43H54N6O5S/c1-27(2)55(52,53)45-38(50)23-29-14-16-36-37(22-29)48-26-32(24-31-25-34(54-5)15-17-35(31)42(48)40(36)30-10-7-6-8-11-30)41-39(28(3)44-49(41)33-12-9-13-33)43(51)47-20-18-46(4)19-21-47/h14-17,22,24-25,27,30,33H,6-13,18-21,23,26H2,1-5H3,(H,45,50). The summed E-state index contributed by atoms with van der Waals surface area (Å²) in [7, 11) is 0.0325. The molecule has 2 aromatic heterocycles. The molecule has 4 aliphatic rings. The van der Waals surface area contributed by atoms with Gasteiger partial charge < -0.3 is 19.1 Å². The Bertz CT molecular complexity index is 2280. The molecule has 2 amide bonds. The molecule has 0 radical (unpaired) electrons. The number of benzene rings is 2. The van der Waals surface area contributed by atoms with Gasteiger partial charge in [-0.05, 0) is 118 Å². The van der Waals surface area contributed by atoms with Crippen LogP contribution >= 0.6 is 0 Å². The van der Waals surface area contributed by atoms with Crippen LogP contribution in [0.2, 0.25) is 0 Å². The number of carbonyl (C=O) groups is 2. The molecule has 4 aromatic rings. The highest BCUT2D eigenvalue weighted by Gasteiger charge is 2.36. The topological polar surface area (TPSA) is 119 Å². The fraction of sp³-hybridized carbons (Fsp3) is 0.512. The van der Waals surface area contributed by atoms with Crippen LogP contribution in [-0.4, -0.2) is 90.0 Å². The van der Waals surface area contributed by atoms with Crippen molar-refractivity contribution >= 4 is 44.4 Å². The lowest BCUT2D eigenvalue weighted by atomic mass is 9.81. The number of hydrogen-bond acceptors (Lipinski definition) is 7. The van der Waals surface area contributed by atoms with Gasteiger partial charge in [-0.1, -0.05) is 31.4 Å². The third-order valence-corrected chi connectivity index (χ3v) is 14.2. The molecule has 0 spiro atoms. The molecular weight excluding hydrogens is 713 g/mol. The number of nitrogens with zero attached hydrogens (tertiary/aromatic N) is 5. The first kappa shape index (κ1) is 37.5. The average Bonchev–Trinajstić information content (AvgIpc) is 3.57. The van der Waals surface area contributed by atoms with Gasteiger partial charge >= 0.3 is 0 Å². The lowest BCUT2D eigenvalue weighted by Crippen LogP contribution is -2.47. The van der Waals surface area contributed by atoms with Crippen LogP contribution in [0.15, 0.2) is 36.4 Å². The molecular formula is C43H54N6O5S. The summed E-state index contributed by atoms with van der Waals surface area (Å²) < 4.78 is 37.8. The molecule has 0 atom stereocenters. The van der Waals surface area contributed by atoms with E-state index in [1.54, 1.807) is 21.0 Å². The van der Waals surface area contributed by atoms with Gasteiger partial charge in [0.05, 0.1) is 54.0 Å². The molecule has 1 saturated heterocycles. The number of hydrogen-bond donors (Lipinski definition) is 1. The van der Waals surface area contributed by atoms with Crippen molar-refractivity contribution < 1.29 is 22.7 Å². The fourth-order valence-electron chi connectivity index (χ4n) is 9.01. The zero-order valence-electron chi connectivity index (χ0n) is 32.9. The van der Waals surface area contributed by atoms with E-state index in [1.165, 1.54) is 24.8 Å². The Hall–Kier alpha value is -4.42. The van der Waals surface area contributed by atoms with Crippen molar-refractivity contribution in [3.05, 3.63) is 70.0 Å². The number of aromatic nitrogens is 3. The normalized spacial score (nSPS) is 18.4. The summed E-state index contributed by atoms with van der Waals surface area (Å²) in [4.78, 5) is 32.0. The van der Waals surface area contributed by atoms with E-state index in [0.717, 1.165) is 101 Å². The minimum atomic E-state index is -3.76. The van der Waals surface area contributed by atoms with Gasteiger partial charge in [0.15, 0.2) is 0 Å². The number of likely N-dealkylation sites (N-methyl/N-ethyl adjacent to an activating group) is 1. The average molecular weight is 767 g/mol. The monoisotopic (exact) mass is 766 g/mol. The van der Waals surface area contributed by atoms with Crippen LogP contribution in [0.1, 0.15) is 116 Å². The minimum Gasteiger partial charge on any atom is -0.497 e. The Balaban J connectivity index is 1.33. The highest BCUT2D eigenvalue weighted by molar-refractivity contribution is 7.90. The SMILES string of the molecule is COc1ccc2c(c1)C=C(c1c(C(=O)N3CCN(C)CC3)c(C)nn1C1CCC1)Cn1c-2c(C2CCCCC2)c2ccc(CC(=O)NS(=O)(=O)C(C)C)cc21. The Morgan fingerprint density at radius 1 is 0.945 bits per heavy atom. The number of methoxy groups -OCH3 is 1. The van der Waals surface area contributed by atoms with Gasteiger partial charge in [-0.3, -0.25) is 19.0 Å². The van der Waals surface area contributed by atoms with Gasteiger partial charge in [-0.15, -0.1) is 0 Å². The van der Waals surface area contributed by atoms with Crippen LogP contribution in [0, 0.1) is 6.92 Å². The molecule has 11 nitrogen and oxygen atoms in total. The molecule has 4 heterocycles. The van der Waals surface area contributed by atoms with Crippen LogP contribution < -0.4 is 9.46 Å². The quantitative estimate of drug-likeness (QED) is 0.196. The Morgan fingerprint density at radius 2 is 1.69 bits per heavy atom. The summed E-state index contributed by atoms with van der Waals surface area (Å²) in [5.74, 6) is 0.618. The second-order valence-electron chi connectivity index (χ2n) is 16.4. The van der Waals surface area contributed by atoms with E-state index in [0.29, 0.717) is 31.1 Å². The van der Waals surface area contributed by atoms with E-state index in [-0.39, 0.29) is 18.4 Å². The molecule has 1 N–H and O–H groups in total. The highest BCUT2D eigenvalue weighted by Crippen LogP contribution is 2.48. The summed E-state index contributed by atoms with van der Waals surface area (Å²) in [5, 5.41) is 5.57. The molecule has 0 unspecified atom stereocenters. The first-order valence-electron chi connectivity index (χ1n) is 20.1. The summed E-state index contributed by atoms with van der Waals surface area (Å²) in [5.41, 5.74) is 9.71. The van der Waals surface area contributed by atoms with Crippen LogP contribution in [0.3, 0.4) is 0 Å². The zero-order chi connectivity index (χ0) is 38.6. The van der Waals surface area contributed by atoms with Gasteiger partial charge in [0, 0.05) is 42.6 Å². The predicted molar refractivity (Wildman–Crippen MR) is 217 cm³/mol. The number of amides is 2. The number of rotatable bonds is 9. The molecule has 0 bridgehead atoms. The van der Waals surface area contributed by atoms with E-state index in [1.807, 2.05) is 24.0 Å². The lowest BCUT2D eigenvalue weighted by molar-refractivity contribution is -0.118. The van der Waals surface area contributed by atoms with Crippen molar-refractivity contribution in [3.63, 3.8) is 0 Å². The third-order valence-electron chi connectivity index (χ3n) is 12.4. The third kappa shape index (κ3) is 7.01. The Morgan fingerprint density at radius 3 is 2.36 bits per heavy atom. The van der Waals surface area contributed by atoms with Crippen LogP contribution in [0.25, 0.3) is 33.8 Å². The van der Waals surface area contributed by atoms with E-state index < -0.39 is 21.2 Å². The van der Waals surface area contributed by atoms with Gasteiger partial charge in [0.2, 0.25) is 15.9 Å². The molecule has 3 fully saturated rings. The van der Waals surface area contributed by atoms with E-state index in [4.69, 9.17) is 9.84 Å². The van der Waals surface area contributed by atoms with E-state index in [2.05, 4.69) is 56.3 Å². The van der Waals surface area contributed by atoms with Crippen LogP contribution in [-0.2, 0) is 27.8 Å². The van der Waals surface area contributed by atoms with Gasteiger partial charge in [-0.2, -0.15) is 5.10 Å².